The van der Waals surface area contributed by atoms with Crippen LogP contribution in [0, 0.1) is 0 Å². The van der Waals surface area contributed by atoms with Gasteiger partial charge in [0.1, 0.15) is 6.04 Å². The predicted octanol–water partition coefficient (Wildman–Crippen LogP) is 1.09. The molecule has 0 amide bonds. The second-order valence-corrected chi connectivity index (χ2v) is 3.19. The fraction of sp³-hybridized carbons (Fsp3) is 0.222. The Morgan fingerprint density at radius 3 is 2.62 bits per heavy atom. The van der Waals surface area contributed by atoms with Gasteiger partial charge in [0.15, 0.2) is 11.5 Å². The second-order valence-electron chi connectivity index (χ2n) is 3.19. The van der Waals surface area contributed by atoms with E-state index >= 15 is 0 Å². The number of carboxylic acid groups (broad SMARTS) is 1. The van der Waals surface area contributed by atoms with Crippen LogP contribution in [0.15, 0.2) is 18.2 Å². The Morgan fingerprint density at radius 1 is 1.38 bits per heavy atom. The zero-order chi connectivity index (χ0) is 11.9. The van der Waals surface area contributed by atoms with E-state index < -0.39 is 18.3 Å². The van der Waals surface area contributed by atoms with Crippen molar-refractivity contribution in [2.45, 2.75) is 12.3 Å². The SMILES string of the molecule is N[C@H](C(=O)O)c1ccc2c(c1)OC(F)(F)O2. The number of benzene rings is 1. The van der Waals surface area contributed by atoms with Gasteiger partial charge < -0.3 is 20.3 Å². The van der Waals surface area contributed by atoms with Gasteiger partial charge in [0.2, 0.25) is 0 Å². The van der Waals surface area contributed by atoms with Crippen LogP contribution in [-0.2, 0) is 4.79 Å². The summed E-state index contributed by atoms with van der Waals surface area (Å²) in [5.41, 5.74) is 5.48. The van der Waals surface area contributed by atoms with E-state index in [1.807, 2.05) is 0 Å². The number of nitrogens with two attached hydrogens (primary N) is 1. The molecule has 0 aromatic heterocycles. The Bertz CT molecular complexity index is 449. The maximum atomic E-state index is 12.6. The normalized spacial score (nSPS) is 18.2. The fourth-order valence-electron chi connectivity index (χ4n) is 1.30. The first-order valence-electron chi connectivity index (χ1n) is 4.27. The molecule has 0 saturated carbocycles. The molecule has 0 saturated heterocycles. The molecular formula is C9H7F2NO4. The minimum absolute atomic E-state index is 0.147. The third-order valence-electron chi connectivity index (χ3n) is 2.05. The number of hydrogen-bond acceptors (Lipinski definition) is 4. The van der Waals surface area contributed by atoms with Crippen LogP contribution in [0.2, 0.25) is 0 Å². The highest BCUT2D eigenvalue weighted by atomic mass is 19.3. The summed E-state index contributed by atoms with van der Waals surface area (Å²) in [5, 5.41) is 8.64. The average molecular weight is 231 g/mol. The first kappa shape index (κ1) is 10.6. The molecule has 0 fully saturated rings. The van der Waals surface area contributed by atoms with Crippen molar-refractivity contribution >= 4 is 5.97 Å². The third-order valence-corrected chi connectivity index (χ3v) is 2.05. The van der Waals surface area contributed by atoms with Gasteiger partial charge in [-0.25, -0.2) is 0 Å². The van der Waals surface area contributed by atoms with Crippen LogP contribution in [0.4, 0.5) is 8.78 Å². The largest absolute Gasteiger partial charge is 0.586 e. The highest BCUT2D eigenvalue weighted by molar-refractivity contribution is 5.75. The molecule has 1 heterocycles. The van der Waals surface area contributed by atoms with Gasteiger partial charge in [0.05, 0.1) is 0 Å². The van der Waals surface area contributed by atoms with Crippen molar-refractivity contribution in [1.82, 2.24) is 0 Å². The summed E-state index contributed by atoms with van der Waals surface area (Å²) < 4.78 is 33.6. The molecule has 86 valence electrons. The zero-order valence-corrected chi connectivity index (χ0v) is 7.81. The number of rotatable bonds is 2. The van der Waals surface area contributed by atoms with E-state index in [0.717, 1.165) is 6.07 Å². The van der Waals surface area contributed by atoms with E-state index in [4.69, 9.17) is 10.8 Å². The van der Waals surface area contributed by atoms with Crippen LogP contribution in [0.3, 0.4) is 0 Å². The highest BCUT2D eigenvalue weighted by Crippen LogP contribution is 2.41. The summed E-state index contributed by atoms with van der Waals surface area (Å²) in [7, 11) is 0. The quantitative estimate of drug-likeness (QED) is 0.796. The van der Waals surface area contributed by atoms with Crippen LogP contribution < -0.4 is 15.2 Å². The number of fused-ring (bicyclic) bond motifs is 1. The summed E-state index contributed by atoms with van der Waals surface area (Å²) in [5.74, 6) is -1.63. The van der Waals surface area contributed by atoms with Crippen molar-refractivity contribution in [3.05, 3.63) is 23.8 Å². The lowest BCUT2D eigenvalue weighted by Crippen LogP contribution is -2.26. The molecular weight excluding hydrogens is 224 g/mol. The number of halogens is 2. The van der Waals surface area contributed by atoms with Gasteiger partial charge in [-0.2, -0.15) is 0 Å². The van der Waals surface area contributed by atoms with Crippen LogP contribution >= 0.6 is 0 Å². The van der Waals surface area contributed by atoms with Crippen LogP contribution in [-0.4, -0.2) is 17.4 Å². The van der Waals surface area contributed by atoms with Crippen molar-refractivity contribution in [2.24, 2.45) is 5.73 Å². The van der Waals surface area contributed by atoms with E-state index in [2.05, 4.69) is 9.47 Å². The van der Waals surface area contributed by atoms with Gasteiger partial charge in [0.25, 0.3) is 0 Å². The molecule has 0 aliphatic carbocycles. The standard InChI is InChI=1S/C9H7F2NO4/c10-9(11)15-5-2-1-4(3-6(5)16-9)7(12)8(13)14/h1-3,7H,12H2,(H,13,14)/t7-/m0/s1. The molecule has 2 rings (SSSR count). The number of alkyl halides is 2. The van der Waals surface area contributed by atoms with Crippen LogP contribution in [0.25, 0.3) is 0 Å². The minimum Gasteiger partial charge on any atom is -0.480 e. The topological polar surface area (TPSA) is 81.8 Å². The van der Waals surface area contributed by atoms with Gasteiger partial charge in [-0.15, -0.1) is 8.78 Å². The van der Waals surface area contributed by atoms with E-state index in [-0.39, 0.29) is 17.1 Å². The minimum atomic E-state index is -3.71. The number of aliphatic carboxylic acids is 1. The second kappa shape index (κ2) is 3.31. The molecule has 0 unspecified atom stereocenters. The Labute approximate surface area is 88.4 Å². The van der Waals surface area contributed by atoms with E-state index in [9.17, 15) is 13.6 Å². The lowest BCUT2D eigenvalue weighted by molar-refractivity contribution is -0.286. The Balaban J connectivity index is 2.32. The smallest absolute Gasteiger partial charge is 0.480 e. The van der Waals surface area contributed by atoms with Gasteiger partial charge in [-0.3, -0.25) is 4.79 Å². The number of hydrogen-bond donors (Lipinski definition) is 2. The number of ether oxygens (including phenoxy) is 2. The predicted molar refractivity (Wildman–Crippen MR) is 47.2 cm³/mol. The molecule has 16 heavy (non-hydrogen) atoms. The fourth-order valence-corrected chi connectivity index (χ4v) is 1.30. The molecule has 5 nitrogen and oxygen atoms in total. The number of carboxylic acids is 1. The lowest BCUT2D eigenvalue weighted by atomic mass is 10.1. The summed E-state index contributed by atoms with van der Waals surface area (Å²) in [6.45, 7) is 0. The molecule has 1 aliphatic rings. The van der Waals surface area contributed by atoms with E-state index in [1.54, 1.807) is 0 Å². The molecule has 3 N–H and O–H groups in total. The van der Waals surface area contributed by atoms with E-state index in [0.29, 0.717) is 0 Å². The van der Waals surface area contributed by atoms with Gasteiger partial charge in [0, 0.05) is 0 Å². The molecule has 0 radical (unpaired) electrons. The summed E-state index contributed by atoms with van der Waals surface area (Å²) in [6, 6.07) is 2.31. The van der Waals surface area contributed by atoms with Gasteiger partial charge in [-0.1, -0.05) is 6.07 Å². The molecule has 1 aromatic carbocycles. The van der Waals surface area contributed by atoms with Crippen molar-refractivity contribution in [3.63, 3.8) is 0 Å². The van der Waals surface area contributed by atoms with Crippen molar-refractivity contribution in [1.29, 1.82) is 0 Å². The van der Waals surface area contributed by atoms with Gasteiger partial charge in [-0.05, 0) is 17.7 Å². The number of carbonyl (C=O) groups is 1. The first-order chi connectivity index (χ1) is 7.39. The molecule has 1 atom stereocenters. The van der Waals surface area contributed by atoms with Gasteiger partial charge >= 0.3 is 12.3 Å². The molecule has 7 heteroatoms. The van der Waals surface area contributed by atoms with Crippen molar-refractivity contribution in [2.75, 3.05) is 0 Å². The highest BCUT2D eigenvalue weighted by Gasteiger charge is 2.43. The van der Waals surface area contributed by atoms with Crippen LogP contribution in [0.1, 0.15) is 11.6 Å². The molecule has 0 bridgehead atoms. The zero-order valence-electron chi connectivity index (χ0n) is 7.81. The van der Waals surface area contributed by atoms with Crippen LogP contribution in [0.5, 0.6) is 11.5 Å². The van der Waals surface area contributed by atoms with Crippen molar-refractivity contribution < 1.29 is 28.2 Å². The summed E-state index contributed by atoms with van der Waals surface area (Å²) >= 11 is 0. The average Bonchev–Trinajstić information content (AvgIpc) is 2.48. The Kier molecular flexibility index (Phi) is 2.20. The molecule has 1 aromatic rings. The maximum Gasteiger partial charge on any atom is 0.586 e. The third kappa shape index (κ3) is 1.76. The van der Waals surface area contributed by atoms with Crippen molar-refractivity contribution in [3.8, 4) is 11.5 Å². The maximum absolute atomic E-state index is 12.6. The first-order valence-corrected chi connectivity index (χ1v) is 4.27. The Hall–Kier alpha value is -1.89. The molecule has 1 aliphatic heterocycles. The monoisotopic (exact) mass is 231 g/mol. The summed E-state index contributed by atoms with van der Waals surface area (Å²) in [6.07, 6.45) is -3.71. The Morgan fingerprint density at radius 2 is 2.00 bits per heavy atom. The van der Waals surface area contributed by atoms with E-state index in [1.165, 1.54) is 12.1 Å². The molecule has 0 spiro atoms. The summed E-state index contributed by atoms with van der Waals surface area (Å²) in [4.78, 5) is 10.6. The lowest BCUT2D eigenvalue weighted by Gasteiger charge is -2.06.